The summed E-state index contributed by atoms with van der Waals surface area (Å²) in [6, 6.07) is 1.32. The maximum atomic E-state index is 13.4. The van der Waals surface area contributed by atoms with Crippen LogP contribution in [-0.2, 0) is 30.4 Å². The average molecular weight is 567 g/mol. The van der Waals surface area contributed by atoms with Crippen molar-refractivity contribution in [3.63, 3.8) is 0 Å². The molecule has 0 saturated carbocycles. The summed E-state index contributed by atoms with van der Waals surface area (Å²) in [4.78, 5) is 61.6. The summed E-state index contributed by atoms with van der Waals surface area (Å²) >= 11 is 0. The number of hydrogen-bond donors (Lipinski definition) is 9. The van der Waals surface area contributed by atoms with Crippen LogP contribution in [0.1, 0.15) is 56.9 Å². The van der Waals surface area contributed by atoms with E-state index in [4.69, 9.17) is 22.3 Å². The second kappa shape index (κ2) is 18.5. The first-order chi connectivity index (χ1) is 19.0. The fourth-order valence-corrected chi connectivity index (χ4v) is 3.83. The molecule has 224 valence electrons. The van der Waals surface area contributed by atoms with Crippen LogP contribution in [0.4, 0.5) is 0 Å². The van der Waals surface area contributed by atoms with Gasteiger partial charge in [-0.05, 0) is 69.3 Å². The van der Waals surface area contributed by atoms with Gasteiger partial charge in [0, 0.05) is 12.8 Å². The van der Waals surface area contributed by atoms with E-state index in [-0.39, 0.29) is 25.0 Å². The summed E-state index contributed by atoms with van der Waals surface area (Å²) in [5, 5.41) is 35.4. The highest BCUT2D eigenvalue weighted by Crippen LogP contribution is 2.13. The number of benzene rings is 1. The number of hydrogen-bond acceptors (Lipinski definition) is 9. The van der Waals surface area contributed by atoms with Gasteiger partial charge in [-0.15, -0.1) is 0 Å². The minimum absolute atomic E-state index is 0.0148. The van der Waals surface area contributed by atoms with Crippen LogP contribution in [0.2, 0.25) is 0 Å². The van der Waals surface area contributed by atoms with Gasteiger partial charge in [0.15, 0.2) is 0 Å². The number of nitrogens with one attached hydrogen (secondary N) is 3. The minimum Gasteiger partial charge on any atom is -0.508 e. The first-order valence-corrected chi connectivity index (χ1v) is 13.3. The molecule has 1 rings (SSSR count). The number of nitrogens with two attached hydrogens (primary N) is 3. The summed E-state index contributed by atoms with van der Waals surface area (Å²) in [5.41, 5.74) is 17.6. The molecule has 1 aromatic rings. The van der Waals surface area contributed by atoms with E-state index in [0.717, 1.165) is 0 Å². The molecule has 0 spiro atoms. The SMILES string of the molecule is NCCCCC(N)C(=O)NC(Cc1ccc(O)cc1)C(=O)NC(CCCCN)C(=O)NC(CCC(=O)O)C(=O)O. The molecule has 0 saturated heterocycles. The molecule has 3 amide bonds. The Kier molecular flexibility index (Phi) is 15.9. The zero-order chi connectivity index (χ0) is 30.1. The van der Waals surface area contributed by atoms with Gasteiger partial charge in [-0.1, -0.05) is 18.6 Å². The fraction of sp³-hybridized carbons (Fsp3) is 0.577. The lowest BCUT2D eigenvalue weighted by molar-refractivity contribution is -0.143. The summed E-state index contributed by atoms with van der Waals surface area (Å²) in [6.45, 7) is 0.785. The highest BCUT2D eigenvalue weighted by atomic mass is 16.4. The predicted octanol–water partition coefficient (Wildman–Crippen LogP) is -1.08. The van der Waals surface area contributed by atoms with Crippen molar-refractivity contribution in [2.75, 3.05) is 13.1 Å². The van der Waals surface area contributed by atoms with Crippen LogP contribution in [0, 0.1) is 0 Å². The molecule has 0 bridgehead atoms. The second-order valence-electron chi connectivity index (χ2n) is 9.50. The Morgan fingerprint density at radius 1 is 0.700 bits per heavy atom. The van der Waals surface area contributed by atoms with Gasteiger partial charge in [0.1, 0.15) is 23.9 Å². The van der Waals surface area contributed by atoms with E-state index in [1.807, 2.05) is 0 Å². The number of carbonyl (C=O) groups excluding carboxylic acids is 3. The Bertz CT molecular complexity index is 974. The molecule has 4 unspecified atom stereocenters. The van der Waals surface area contributed by atoms with E-state index >= 15 is 0 Å². The van der Waals surface area contributed by atoms with Crippen molar-refractivity contribution >= 4 is 29.7 Å². The van der Waals surface area contributed by atoms with E-state index in [2.05, 4.69) is 16.0 Å². The third-order valence-electron chi connectivity index (χ3n) is 6.16. The van der Waals surface area contributed by atoms with Crippen molar-refractivity contribution in [1.82, 2.24) is 16.0 Å². The molecule has 4 atom stereocenters. The lowest BCUT2D eigenvalue weighted by atomic mass is 10.0. The Labute approximate surface area is 233 Å². The van der Waals surface area contributed by atoms with E-state index in [1.165, 1.54) is 12.1 Å². The molecule has 0 radical (unpaired) electrons. The van der Waals surface area contributed by atoms with Crippen LogP contribution in [0.3, 0.4) is 0 Å². The molecule has 0 fully saturated rings. The Morgan fingerprint density at radius 3 is 1.77 bits per heavy atom. The zero-order valence-electron chi connectivity index (χ0n) is 22.5. The molecule has 12 N–H and O–H groups in total. The Hall–Kier alpha value is -3.75. The number of unbranched alkanes of at least 4 members (excludes halogenated alkanes) is 2. The molecule has 14 heteroatoms. The summed E-state index contributed by atoms with van der Waals surface area (Å²) in [5.74, 6) is -4.70. The lowest BCUT2D eigenvalue weighted by Crippen LogP contribution is -2.57. The monoisotopic (exact) mass is 566 g/mol. The number of aromatic hydroxyl groups is 1. The molecule has 0 aliphatic heterocycles. The van der Waals surface area contributed by atoms with Crippen LogP contribution in [0.25, 0.3) is 0 Å². The van der Waals surface area contributed by atoms with Crippen LogP contribution < -0.4 is 33.2 Å². The smallest absolute Gasteiger partial charge is 0.326 e. The van der Waals surface area contributed by atoms with E-state index in [9.17, 15) is 34.2 Å². The highest BCUT2D eigenvalue weighted by Gasteiger charge is 2.30. The normalized spacial score (nSPS) is 13.9. The number of carboxylic acid groups (broad SMARTS) is 2. The molecular weight excluding hydrogens is 524 g/mol. The van der Waals surface area contributed by atoms with Crippen LogP contribution in [0.15, 0.2) is 24.3 Å². The van der Waals surface area contributed by atoms with Crippen LogP contribution in [-0.4, -0.2) is 82.2 Å². The number of aliphatic carboxylic acids is 2. The van der Waals surface area contributed by atoms with Crippen molar-refractivity contribution in [3.8, 4) is 5.75 Å². The quantitative estimate of drug-likeness (QED) is 0.0857. The van der Waals surface area contributed by atoms with Crippen molar-refractivity contribution in [1.29, 1.82) is 0 Å². The Morgan fingerprint density at radius 2 is 1.23 bits per heavy atom. The third kappa shape index (κ3) is 13.4. The van der Waals surface area contributed by atoms with Crippen molar-refractivity contribution in [2.45, 2.75) is 82.0 Å². The van der Waals surface area contributed by atoms with Crippen LogP contribution >= 0.6 is 0 Å². The van der Waals surface area contributed by atoms with Crippen LogP contribution in [0.5, 0.6) is 5.75 Å². The highest BCUT2D eigenvalue weighted by molar-refractivity contribution is 5.94. The van der Waals surface area contributed by atoms with Crippen molar-refractivity contribution < 1.29 is 39.3 Å². The topological polar surface area (TPSA) is 260 Å². The molecule has 0 aromatic heterocycles. The number of phenolic OH excluding ortho intramolecular Hbond substituents is 1. The lowest BCUT2D eigenvalue weighted by Gasteiger charge is -2.25. The van der Waals surface area contributed by atoms with E-state index in [1.54, 1.807) is 12.1 Å². The van der Waals surface area contributed by atoms with Gasteiger partial charge in [0.25, 0.3) is 0 Å². The summed E-state index contributed by atoms with van der Waals surface area (Å²) in [7, 11) is 0. The predicted molar refractivity (Wildman–Crippen MR) is 146 cm³/mol. The van der Waals surface area contributed by atoms with Gasteiger partial charge in [0.2, 0.25) is 17.7 Å². The van der Waals surface area contributed by atoms with Gasteiger partial charge in [-0.3, -0.25) is 19.2 Å². The largest absolute Gasteiger partial charge is 0.508 e. The summed E-state index contributed by atoms with van der Waals surface area (Å²) < 4.78 is 0. The molecule has 14 nitrogen and oxygen atoms in total. The molecule has 1 aromatic carbocycles. The number of rotatable bonds is 20. The molecule has 0 aliphatic carbocycles. The van der Waals surface area contributed by atoms with Gasteiger partial charge < -0.3 is 48.5 Å². The number of amides is 3. The van der Waals surface area contributed by atoms with Gasteiger partial charge >= 0.3 is 11.9 Å². The first-order valence-electron chi connectivity index (χ1n) is 13.3. The molecule has 0 aliphatic rings. The summed E-state index contributed by atoms with van der Waals surface area (Å²) in [6.07, 6.45) is 1.94. The second-order valence-corrected chi connectivity index (χ2v) is 9.50. The number of phenols is 1. The number of carboxylic acids is 2. The van der Waals surface area contributed by atoms with Gasteiger partial charge in [-0.25, -0.2) is 4.79 Å². The zero-order valence-corrected chi connectivity index (χ0v) is 22.5. The standard InChI is InChI=1S/C26H42N6O8/c27-13-3-1-5-18(29)23(36)32-21(15-16-7-9-17(33)10-8-16)25(38)30-19(6-2-4-14-28)24(37)31-20(26(39)40)11-12-22(34)35/h7-10,18-21,33H,1-6,11-15,27-29H2,(H,30,38)(H,31,37)(H,32,36)(H,34,35)(H,39,40). The maximum absolute atomic E-state index is 13.4. The van der Waals surface area contributed by atoms with Crippen molar-refractivity contribution in [2.24, 2.45) is 17.2 Å². The molecule has 40 heavy (non-hydrogen) atoms. The molecular formula is C26H42N6O8. The van der Waals surface area contributed by atoms with Gasteiger partial charge in [-0.2, -0.15) is 0 Å². The average Bonchev–Trinajstić information content (AvgIpc) is 2.90. The minimum atomic E-state index is -1.48. The molecule has 0 heterocycles. The van der Waals surface area contributed by atoms with E-state index < -0.39 is 60.2 Å². The Balaban J connectivity index is 3.11. The van der Waals surface area contributed by atoms with Gasteiger partial charge in [0.05, 0.1) is 6.04 Å². The number of carbonyl (C=O) groups is 5. The van der Waals surface area contributed by atoms with E-state index in [0.29, 0.717) is 50.8 Å². The fourth-order valence-electron chi connectivity index (χ4n) is 3.83. The third-order valence-corrected chi connectivity index (χ3v) is 6.16. The maximum Gasteiger partial charge on any atom is 0.326 e. The first kappa shape index (κ1) is 34.3. The van der Waals surface area contributed by atoms with Crippen molar-refractivity contribution in [3.05, 3.63) is 29.8 Å².